The number of benzene rings is 1. The minimum atomic E-state index is -1.82. The quantitative estimate of drug-likeness (QED) is 0.584. The molecule has 0 radical (unpaired) electrons. The third-order valence-electron chi connectivity index (χ3n) is 3.55. The van der Waals surface area contributed by atoms with Gasteiger partial charge < -0.3 is 30.1 Å². The first-order chi connectivity index (χ1) is 12.7. The molecule has 150 valence electrons. The van der Waals surface area contributed by atoms with Crippen LogP contribution >= 0.6 is 15.9 Å². The van der Waals surface area contributed by atoms with Crippen LogP contribution < -0.4 is 10.1 Å². The van der Waals surface area contributed by atoms with Gasteiger partial charge in [-0.3, -0.25) is 0 Å². The summed E-state index contributed by atoms with van der Waals surface area (Å²) in [5.74, 6) is -2.81. The van der Waals surface area contributed by atoms with E-state index in [1.54, 1.807) is 0 Å². The van der Waals surface area contributed by atoms with Gasteiger partial charge in [-0.1, -0.05) is 22.0 Å². The predicted molar refractivity (Wildman–Crippen MR) is 102 cm³/mol. The topological polar surface area (TPSA) is 119 Å². The van der Waals surface area contributed by atoms with E-state index in [4.69, 9.17) is 24.5 Å². The second kappa shape index (κ2) is 11.4. The predicted octanol–water partition coefficient (Wildman–Crippen LogP) is 1.33. The summed E-state index contributed by atoms with van der Waals surface area (Å²) in [5, 5.41) is 17.7. The monoisotopic (exact) mass is 445 g/mol. The molecule has 1 heterocycles. The fourth-order valence-electron chi connectivity index (χ4n) is 2.24. The zero-order valence-corrected chi connectivity index (χ0v) is 16.8. The van der Waals surface area contributed by atoms with Crippen molar-refractivity contribution in [2.45, 2.75) is 12.5 Å². The largest absolute Gasteiger partial charge is 0.488 e. The highest BCUT2D eigenvalue weighted by molar-refractivity contribution is 9.10. The number of carbonyl (C=O) groups excluding carboxylic acids is 1. The molecule has 0 spiro atoms. The van der Waals surface area contributed by atoms with E-state index in [-0.39, 0.29) is 12.1 Å². The second-order valence-electron chi connectivity index (χ2n) is 6.08. The highest BCUT2D eigenvalue weighted by Gasteiger charge is 2.27. The number of likely N-dealkylation sites (N-methyl/N-ethyl adjacent to an activating group) is 1. The molecule has 0 aliphatic carbocycles. The number of urea groups is 1. The Morgan fingerprint density at radius 2 is 1.96 bits per heavy atom. The summed E-state index contributed by atoms with van der Waals surface area (Å²) in [5.41, 5.74) is 0. The fourth-order valence-corrected chi connectivity index (χ4v) is 2.62. The van der Waals surface area contributed by atoms with Crippen molar-refractivity contribution in [2.75, 3.05) is 40.3 Å². The summed E-state index contributed by atoms with van der Waals surface area (Å²) >= 11 is 3.43. The van der Waals surface area contributed by atoms with Gasteiger partial charge in [0.25, 0.3) is 0 Å². The van der Waals surface area contributed by atoms with Gasteiger partial charge in [0.15, 0.2) is 0 Å². The molecule has 1 atom stereocenters. The normalized spacial score (nSPS) is 15.7. The van der Waals surface area contributed by atoms with E-state index in [0.717, 1.165) is 29.7 Å². The van der Waals surface area contributed by atoms with Gasteiger partial charge in [0.2, 0.25) is 0 Å². The van der Waals surface area contributed by atoms with E-state index in [2.05, 4.69) is 21.2 Å². The zero-order valence-electron chi connectivity index (χ0n) is 15.2. The lowest BCUT2D eigenvalue weighted by molar-refractivity contribution is -0.159. The summed E-state index contributed by atoms with van der Waals surface area (Å²) in [6.45, 7) is 2.89. The molecule has 1 aromatic rings. The van der Waals surface area contributed by atoms with Crippen LogP contribution in [0.2, 0.25) is 0 Å². The maximum atomic E-state index is 12.0. The van der Waals surface area contributed by atoms with Gasteiger partial charge in [-0.15, -0.1) is 0 Å². The van der Waals surface area contributed by atoms with Crippen molar-refractivity contribution in [3.63, 3.8) is 0 Å². The summed E-state index contributed by atoms with van der Waals surface area (Å²) in [6, 6.07) is 7.79. The van der Waals surface area contributed by atoms with Crippen LogP contribution in [0.1, 0.15) is 6.42 Å². The van der Waals surface area contributed by atoms with E-state index in [0.29, 0.717) is 13.1 Å². The highest BCUT2D eigenvalue weighted by atomic mass is 79.9. The number of ether oxygens (including phenoxy) is 1. The summed E-state index contributed by atoms with van der Waals surface area (Å²) in [4.78, 5) is 34.1. The van der Waals surface area contributed by atoms with E-state index in [1.165, 1.54) is 0 Å². The molecule has 1 unspecified atom stereocenters. The van der Waals surface area contributed by atoms with Crippen LogP contribution in [0.15, 0.2) is 28.7 Å². The Kier molecular flexibility index (Phi) is 9.59. The number of carboxylic acid groups (broad SMARTS) is 2. The van der Waals surface area contributed by atoms with Crippen molar-refractivity contribution in [2.24, 2.45) is 0 Å². The zero-order chi connectivity index (χ0) is 20.4. The molecule has 0 aromatic heterocycles. The molecule has 10 heteroatoms. The van der Waals surface area contributed by atoms with E-state index >= 15 is 0 Å². The molecule has 1 saturated heterocycles. The lowest BCUT2D eigenvalue weighted by atomic mass is 10.3. The van der Waals surface area contributed by atoms with Gasteiger partial charge in [0.05, 0.1) is 6.54 Å². The number of rotatable bonds is 5. The number of hydrogen-bond acceptors (Lipinski definition) is 5. The molecule has 3 N–H and O–H groups in total. The third-order valence-corrected chi connectivity index (χ3v) is 4.04. The average molecular weight is 446 g/mol. The van der Waals surface area contributed by atoms with Crippen LogP contribution in [0.5, 0.6) is 5.75 Å². The summed E-state index contributed by atoms with van der Waals surface area (Å²) in [7, 11) is 3.98. The van der Waals surface area contributed by atoms with E-state index in [1.807, 2.05) is 48.2 Å². The number of nitrogens with zero attached hydrogens (tertiary/aromatic N) is 2. The maximum Gasteiger partial charge on any atom is 0.414 e. The molecule has 2 amide bonds. The Bertz CT molecular complexity index is 643. The van der Waals surface area contributed by atoms with Crippen molar-refractivity contribution in [3.8, 4) is 5.75 Å². The Labute approximate surface area is 166 Å². The lowest BCUT2D eigenvalue weighted by Crippen LogP contribution is -2.41. The SMILES string of the molecule is CN(C)CCNC(=O)N1CCC(Oc2cccc(Br)c2)C1.O=C(O)C(=O)O. The van der Waals surface area contributed by atoms with Gasteiger partial charge in [-0.05, 0) is 32.3 Å². The van der Waals surface area contributed by atoms with Crippen molar-refractivity contribution in [1.29, 1.82) is 0 Å². The number of likely N-dealkylation sites (tertiary alicyclic amines) is 1. The molecule has 1 aliphatic heterocycles. The third kappa shape index (κ3) is 9.25. The van der Waals surface area contributed by atoms with Crippen molar-refractivity contribution in [1.82, 2.24) is 15.1 Å². The van der Waals surface area contributed by atoms with Crippen molar-refractivity contribution >= 4 is 33.9 Å². The van der Waals surface area contributed by atoms with Crippen LogP contribution in [0.25, 0.3) is 0 Å². The second-order valence-corrected chi connectivity index (χ2v) is 6.99. The lowest BCUT2D eigenvalue weighted by Gasteiger charge is -2.19. The minimum Gasteiger partial charge on any atom is -0.488 e. The molecule has 1 aromatic carbocycles. The van der Waals surface area contributed by atoms with Crippen molar-refractivity contribution in [3.05, 3.63) is 28.7 Å². The van der Waals surface area contributed by atoms with Crippen LogP contribution in [-0.2, 0) is 9.59 Å². The van der Waals surface area contributed by atoms with Crippen molar-refractivity contribution < 1.29 is 29.3 Å². The van der Waals surface area contributed by atoms with Gasteiger partial charge >= 0.3 is 18.0 Å². The molecule has 27 heavy (non-hydrogen) atoms. The Morgan fingerprint density at radius 3 is 2.52 bits per heavy atom. The fraction of sp³-hybridized carbons (Fsp3) is 0.471. The Morgan fingerprint density at radius 1 is 1.30 bits per heavy atom. The number of carboxylic acids is 2. The first-order valence-corrected chi connectivity index (χ1v) is 9.04. The van der Waals surface area contributed by atoms with Gasteiger partial charge in [0, 0.05) is 30.5 Å². The van der Waals surface area contributed by atoms with Gasteiger partial charge in [0.1, 0.15) is 11.9 Å². The number of aliphatic carboxylic acids is 2. The molecule has 0 saturated carbocycles. The molecular formula is C17H24BrN3O6. The standard InChI is InChI=1S/C15H22BrN3O2.C2H2O4/c1-18(2)9-7-17-15(20)19-8-6-14(11-19)21-13-5-3-4-12(16)10-13;3-1(4)2(5)6/h3-5,10,14H,6-9,11H2,1-2H3,(H,17,20);(H,3,4)(H,5,6). The number of amides is 2. The number of halogens is 1. The number of hydrogen-bond donors (Lipinski definition) is 3. The number of nitrogens with one attached hydrogen (secondary N) is 1. The molecule has 0 bridgehead atoms. The molecular weight excluding hydrogens is 422 g/mol. The first kappa shape index (κ1) is 22.7. The van der Waals surface area contributed by atoms with Gasteiger partial charge in [-0.25, -0.2) is 14.4 Å². The van der Waals surface area contributed by atoms with Crippen LogP contribution in [0.3, 0.4) is 0 Å². The van der Waals surface area contributed by atoms with E-state index < -0.39 is 11.9 Å². The Balaban J connectivity index is 0.000000527. The molecule has 9 nitrogen and oxygen atoms in total. The molecule has 1 aliphatic rings. The van der Waals surface area contributed by atoms with Crippen LogP contribution in [0.4, 0.5) is 4.79 Å². The minimum absolute atomic E-state index is 0.00260. The summed E-state index contributed by atoms with van der Waals surface area (Å²) in [6.07, 6.45) is 0.937. The molecule has 1 fully saturated rings. The van der Waals surface area contributed by atoms with E-state index in [9.17, 15) is 4.79 Å². The van der Waals surface area contributed by atoms with Gasteiger partial charge in [-0.2, -0.15) is 0 Å². The average Bonchev–Trinajstić information content (AvgIpc) is 3.03. The van der Waals surface area contributed by atoms with Crippen LogP contribution in [-0.4, -0.2) is 84.4 Å². The maximum absolute atomic E-state index is 12.0. The Hall–Kier alpha value is -2.33. The smallest absolute Gasteiger partial charge is 0.414 e. The highest BCUT2D eigenvalue weighted by Crippen LogP contribution is 2.22. The number of carbonyl (C=O) groups is 3. The van der Waals surface area contributed by atoms with Crippen LogP contribution in [0, 0.1) is 0 Å². The first-order valence-electron chi connectivity index (χ1n) is 8.25. The molecule has 2 rings (SSSR count). The summed E-state index contributed by atoms with van der Waals surface area (Å²) < 4.78 is 6.92.